The molecule has 0 unspecified atom stereocenters. The lowest BCUT2D eigenvalue weighted by Gasteiger charge is -2.08. The highest BCUT2D eigenvalue weighted by molar-refractivity contribution is 6.31. The van der Waals surface area contributed by atoms with Gasteiger partial charge in [-0.3, -0.25) is 4.79 Å². The van der Waals surface area contributed by atoms with Crippen LogP contribution in [-0.4, -0.2) is 18.5 Å². The minimum atomic E-state index is -0.747. The van der Waals surface area contributed by atoms with Crippen LogP contribution in [0.15, 0.2) is 42.5 Å². The Labute approximate surface area is 130 Å². The normalized spacial score (nSPS) is 10.1. The van der Waals surface area contributed by atoms with E-state index in [0.29, 0.717) is 5.02 Å². The number of nitrogens with one attached hydrogen (secondary N) is 1. The molecule has 0 aliphatic carbocycles. The molecule has 7 heteroatoms. The summed E-state index contributed by atoms with van der Waals surface area (Å²) in [4.78, 5) is 23.4. The Kier molecular flexibility index (Phi) is 4.95. The molecule has 2 aromatic carbocycles. The highest BCUT2D eigenvalue weighted by Crippen LogP contribution is 2.18. The van der Waals surface area contributed by atoms with Crippen LogP contribution in [0.2, 0.25) is 5.02 Å². The minimum absolute atomic E-state index is 0.114. The van der Waals surface area contributed by atoms with Gasteiger partial charge in [-0.15, -0.1) is 0 Å². The summed E-state index contributed by atoms with van der Waals surface area (Å²) in [5.74, 6) is -1.82. The number of anilines is 2. The lowest BCUT2D eigenvalue weighted by Crippen LogP contribution is -2.21. The monoisotopic (exact) mass is 322 g/mol. The number of hydrogen-bond acceptors (Lipinski definition) is 4. The zero-order chi connectivity index (χ0) is 16.1. The van der Waals surface area contributed by atoms with Crippen molar-refractivity contribution in [2.24, 2.45) is 0 Å². The van der Waals surface area contributed by atoms with Crippen LogP contribution in [0.4, 0.5) is 15.8 Å². The maximum absolute atomic E-state index is 13.0. The Morgan fingerprint density at radius 3 is 2.68 bits per heavy atom. The molecule has 0 saturated heterocycles. The van der Waals surface area contributed by atoms with Gasteiger partial charge < -0.3 is 15.8 Å². The van der Waals surface area contributed by atoms with Gasteiger partial charge in [0.25, 0.3) is 5.91 Å². The fraction of sp³-hybridized carbons (Fsp3) is 0.0667. The van der Waals surface area contributed by atoms with Crippen molar-refractivity contribution in [3.05, 3.63) is 58.9 Å². The molecule has 0 saturated carbocycles. The van der Waals surface area contributed by atoms with Crippen LogP contribution < -0.4 is 11.1 Å². The lowest BCUT2D eigenvalue weighted by molar-refractivity contribution is -0.119. The SMILES string of the molecule is Nc1cc(Cl)ccc1C(=O)OCC(=O)Nc1cccc(F)c1. The van der Waals surface area contributed by atoms with E-state index in [0.717, 1.165) is 6.07 Å². The highest BCUT2D eigenvalue weighted by Gasteiger charge is 2.13. The molecule has 2 aromatic rings. The number of nitrogens with two attached hydrogens (primary N) is 1. The van der Waals surface area contributed by atoms with E-state index in [4.69, 9.17) is 22.1 Å². The summed E-state index contributed by atoms with van der Waals surface area (Å²) in [5.41, 5.74) is 6.18. The first kappa shape index (κ1) is 15.8. The summed E-state index contributed by atoms with van der Waals surface area (Å²) in [6, 6.07) is 9.66. The number of halogens is 2. The van der Waals surface area contributed by atoms with Crippen molar-refractivity contribution in [3.63, 3.8) is 0 Å². The molecule has 0 radical (unpaired) electrons. The summed E-state index contributed by atoms with van der Waals surface area (Å²) in [7, 11) is 0. The molecule has 3 N–H and O–H groups in total. The van der Waals surface area contributed by atoms with Gasteiger partial charge in [-0.25, -0.2) is 9.18 Å². The van der Waals surface area contributed by atoms with Gasteiger partial charge in [0, 0.05) is 16.4 Å². The van der Waals surface area contributed by atoms with Gasteiger partial charge in [-0.1, -0.05) is 17.7 Å². The molecule has 0 heterocycles. The molecule has 0 bridgehead atoms. The molecule has 22 heavy (non-hydrogen) atoms. The van der Waals surface area contributed by atoms with E-state index in [2.05, 4.69) is 5.32 Å². The second-order valence-electron chi connectivity index (χ2n) is 4.37. The number of rotatable bonds is 4. The van der Waals surface area contributed by atoms with Crippen LogP contribution in [-0.2, 0) is 9.53 Å². The van der Waals surface area contributed by atoms with Crippen LogP contribution in [0, 0.1) is 5.82 Å². The van der Waals surface area contributed by atoms with Gasteiger partial charge in [0.1, 0.15) is 5.82 Å². The van der Waals surface area contributed by atoms with Crippen LogP contribution in [0.5, 0.6) is 0 Å². The third-order valence-corrected chi connectivity index (χ3v) is 2.91. The number of benzene rings is 2. The van der Waals surface area contributed by atoms with E-state index in [1.54, 1.807) is 0 Å². The maximum atomic E-state index is 13.0. The Morgan fingerprint density at radius 2 is 2.00 bits per heavy atom. The standard InChI is InChI=1S/C15H12ClFN2O3/c16-9-4-5-12(13(18)6-9)15(21)22-8-14(20)19-11-3-1-2-10(17)7-11/h1-7H,8,18H2,(H,19,20). The number of hydrogen-bond donors (Lipinski definition) is 2. The average molecular weight is 323 g/mol. The van der Waals surface area contributed by atoms with E-state index < -0.39 is 24.3 Å². The van der Waals surface area contributed by atoms with E-state index in [1.807, 2.05) is 0 Å². The number of ether oxygens (including phenoxy) is 1. The van der Waals surface area contributed by atoms with Gasteiger partial charge in [0.15, 0.2) is 6.61 Å². The van der Waals surface area contributed by atoms with Gasteiger partial charge >= 0.3 is 5.97 Å². The van der Waals surface area contributed by atoms with E-state index in [-0.39, 0.29) is 16.9 Å². The molecule has 0 fully saturated rings. The van der Waals surface area contributed by atoms with Crippen LogP contribution in [0.1, 0.15) is 10.4 Å². The topological polar surface area (TPSA) is 81.4 Å². The van der Waals surface area contributed by atoms with Gasteiger partial charge in [-0.2, -0.15) is 0 Å². The minimum Gasteiger partial charge on any atom is -0.452 e. The fourth-order valence-corrected chi connectivity index (χ4v) is 1.87. The summed E-state index contributed by atoms with van der Waals surface area (Å²) >= 11 is 5.73. The number of esters is 1. The molecule has 0 spiro atoms. The van der Waals surface area contributed by atoms with Gasteiger partial charge in [0.05, 0.1) is 5.56 Å². The predicted molar refractivity (Wildman–Crippen MR) is 81.2 cm³/mol. The van der Waals surface area contributed by atoms with Crippen molar-refractivity contribution in [1.82, 2.24) is 0 Å². The number of amides is 1. The van der Waals surface area contributed by atoms with Crippen LogP contribution in [0.3, 0.4) is 0 Å². The molecular formula is C15H12ClFN2O3. The smallest absolute Gasteiger partial charge is 0.340 e. The molecule has 1 amide bonds. The van der Waals surface area contributed by atoms with Gasteiger partial charge in [-0.05, 0) is 36.4 Å². The fourth-order valence-electron chi connectivity index (χ4n) is 1.69. The zero-order valence-electron chi connectivity index (χ0n) is 11.3. The summed E-state index contributed by atoms with van der Waals surface area (Å²) in [6.07, 6.45) is 0. The molecule has 0 aliphatic heterocycles. The zero-order valence-corrected chi connectivity index (χ0v) is 12.1. The lowest BCUT2D eigenvalue weighted by atomic mass is 10.2. The Balaban J connectivity index is 1.92. The predicted octanol–water partition coefficient (Wildman–Crippen LogP) is 2.86. The number of carbonyl (C=O) groups excluding carboxylic acids is 2. The molecule has 0 aliphatic rings. The summed E-state index contributed by atoms with van der Waals surface area (Å²) in [5, 5.41) is 2.79. The third-order valence-electron chi connectivity index (χ3n) is 2.68. The van der Waals surface area contributed by atoms with Crippen LogP contribution in [0.25, 0.3) is 0 Å². The van der Waals surface area contributed by atoms with Crippen molar-refractivity contribution in [3.8, 4) is 0 Å². The first-order valence-corrected chi connectivity index (χ1v) is 6.61. The summed E-state index contributed by atoms with van der Waals surface area (Å²) in [6.45, 7) is -0.516. The Bertz CT molecular complexity index is 722. The highest BCUT2D eigenvalue weighted by atomic mass is 35.5. The van der Waals surface area contributed by atoms with Crippen molar-refractivity contribution >= 4 is 34.9 Å². The van der Waals surface area contributed by atoms with Crippen LogP contribution >= 0.6 is 11.6 Å². The van der Waals surface area contributed by atoms with Crippen molar-refractivity contribution in [1.29, 1.82) is 0 Å². The van der Waals surface area contributed by atoms with Crippen molar-refractivity contribution < 1.29 is 18.7 Å². The van der Waals surface area contributed by atoms with Crippen molar-refractivity contribution in [2.75, 3.05) is 17.7 Å². The molecule has 0 aromatic heterocycles. The second-order valence-corrected chi connectivity index (χ2v) is 4.80. The molecule has 2 rings (SSSR count). The first-order valence-electron chi connectivity index (χ1n) is 6.23. The van der Waals surface area contributed by atoms with E-state index in [1.165, 1.54) is 36.4 Å². The van der Waals surface area contributed by atoms with Crippen molar-refractivity contribution in [2.45, 2.75) is 0 Å². The first-order chi connectivity index (χ1) is 10.5. The van der Waals surface area contributed by atoms with Gasteiger partial charge in [0.2, 0.25) is 0 Å². The second kappa shape index (κ2) is 6.91. The Morgan fingerprint density at radius 1 is 1.23 bits per heavy atom. The molecule has 114 valence electrons. The molecule has 5 nitrogen and oxygen atoms in total. The molecule has 0 atom stereocenters. The Hall–Kier alpha value is -2.60. The maximum Gasteiger partial charge on any atom is 0.340 e. The largest absolute Gasteiger partial charge is 0.452 e. The van der Waals surface area contributed by atoms with E-state index in [9.17, 15) is 14.0 Å². The third kappa shape index (κ3) is 4.20. The summed E-state index contributed by atoms with van der Waals surface area (Å²) < 4.78 is 17.8. The number of carbonyl (C=O) groups is 2. The quantitative estimate of drug-likeness (QED) is 0.670. The average Bonchev–Trinajstić information content (AvgIpc) is 2.45. The number of nitrogen functional groups attached to an aromatic ring is 1. The van der Waals surface area contributed by atoms with E-state index >= 15 is 0 Å². The molecular weight excluding hydrogens is 311 g/mol.